The summed E-state index contributed by atoms with van der Waals surface area (Å²) in [5.74, 6) is 0. The molecular weight excluding hydrogens is 1750 g/mol. The second-order valence-corrected chi connectivity index (χ2v) is 36.0. The zero-order valence-electron chi connectivity index (χ0n) is 93.2. The van der Waals surface area contributed by atoms with Crippen molar-refractivity contribution in [3.63, 3.8) is 0 Å². The van der Waals surface area contributed by atoms with Crippen LogP contribution in [0, 0.1) is 0 Å². The molecule has 26 aromatic carbocycles. The standard InChI is InChI=1S/2C38H24O.2C32H20O/c2*1-2-10-26(11-3-1)37-30-13-4-6-15-32(30)38(33-16-7-5-14-31(33)37)27-20-18-25(19-21-27)28-22-23-36-34(24-28)29-12-8-9-17-35(29)39-36;2*1-2-11-21(12-3-1)30-23-14-4-6-16-25(23)31(26-17-7-5-15-24(26)30)28-19-10-18-27-22-13-8-9-20-29(22)33-32(27)28/h2*1-24H;2*1-20H/i4D,5D,6D,7D,13D,14D,15D,16D;;4D,5D,6D,7D,14D,15D,16D,17D;. The maximum atomic E-state index is 9.08. The van der Waals surface area contributed by atoms with E-state index in [4.69, 9.17) is 39.6 Å². The molecule has 144 heavy (non-hydrogen) atoms. The van der Waals surface area contributed by atoms with Gasteiger partial charge in [-0.1, -0.05) is 485 Å². The highest BCUT2D eigenvalue weighted by molar-refractivity contribution is 6.28. The van der Waals surface area contributed by atoms with Crippen LogP contribution >= 0.6 is 0 Å². The monoisotopic (exact) mass is 1850 g/mol. The first kappa shape index (κ1) is 68.9. The molecule has 0 saturated heterocycles. The Bertz CT molecular complexity index is 11100. The van der Waals surface area contributed by atoms with E-state index in [1.165, 1.54) is 93.2 Å². The van der Waals surface area contributed by atoms with E-state index in [1.54, 1.807) is 54.6 Å². The van der Waals surface area contributed by atoms with Crippen LogP contribution < -0.4 is 0 Å². The Hall–Kier alpha value is -19.0. The Labute approximate surface area is 853 Å². The second-order valence-electron chi connectivity index (χ2n) is 36.0. The minimum atomic E-state index is -0.431. The summed E-state index contributed by atoms with van der Waals surface area (Å²) < 4.78 is 166. The minimum Gasteiger partial charge on any atom is -0.456 e. The zero-order valence-corrected chi connectivity index (χ0v) is 77.2. The van der Waals surface area contributed by atoms with Crippen LogP contribution in [0.4, 0.5) is 0 Å². The zero-order chi connectivity index (χ0) is 109. The lowest BCUT2D eigenvalue weighted by molar-refractivity contribution is 0.668. The van der Waals surface area contributed by atoms with Crippen molar-refractivity contribution in [2.45, 2.75) is 0 Å². The molecule has 0 aliphatic carbocycles. The summed E-state index contributed by atoms with van der Waals surface area (Å²) in [6.07, 6.45) is 0. The topological polar surface area (TPSA) is 52.6 Å². The summed E-state index contributed by atoms with van der Waals surface area (Å²) in [7, 11) is 0. The highest BCUT2D eigenvalue weighted by Gasteiger charge is 2.26. The predicted octanol–water partition coefficient (Wildman–Crippen LogP) is 40.2. The van der Waals surface area contributed by atoms with Crippen molar-refractivity contribution in [1.82, 2.24) is 0 Å². The summed E-state index contributed by atoms with van der Waals surface area (Å²) in [6, 6.07) is 142. The molecule has 0 unspecified atom stereocenters. The number of para-hydroxylation sites is 6. The number of hydrogen-bond donors (Lipinski definition) is 0. The van der Waals surface area contributed by atoms with Crippen molar-refractivity contribution in [2.24, 2.45) is 0 Å². The number of furan rings is 4. The van der Waals surface area contributed by atoms with Crippen molar-refractivity contribution < 1.29 is 39.6 Å². The van der Waals surface area contributed by atoms with Crippen molar-refractivity contribution >= 4 is 174 Å². The number of fused-ring (bicyclic) bond motifs is 20. The van der Waals surface area contributed by atoms with Crippen LogP contribution in [0.15, 0.2) is 551 Å². The van der Waals surface area contributed by atoms with Crippen LogP contribution in [0.2, 0.25) is 0 Å². The van der Waals surface area contributed by atoms with Crippen molar-refractivity contribution in [3.05, 3.63) is 533 Å². The molecule has 4 heterocycles. The maximum Gasteiger partial charge on any atom is 0.143 e. The molecule has 4 nitrogen and oxygen atoms in total. The number of benzene rings is 26. The molecule has 0 N–H and O–H groups in total. The molecule has 0 bridgehead atoms. The first-order valence-corrected chi connectivity index (χ1v) is 48.0. The van der Waals surface area contributed by atoms with Gasteiger partial charge in [0.1, 0.15) is 44.7 Å². The largest absolute Gasteiger partial charge is 0.456 e. The smallest absolute Gasteiger partial charge is 0.143 e. The average molecular weight is 1850 g/mol. The molecular formula is C140H88O4. The average Bonchev–Trinajstić information content (AvgIpc) is 0.728. The summed E-state index contributed by atoms with van der Waals surface area (Å²) >= 11 is 0. The van der Waals surface area contributed by atoms with Crippen molar-refractivity contribution in [1.29, 1.82) is 0 Å². The Kier molecular flexibility index (Phi) is 17.1. The molecule has 0 radical (unpaired) electrons. The molecule has 0 amide bonds. The van der Waals surface area contributed by atoms with Gasteiger partial charge in [-0.05, 0) is 224 Å². The van der Waals surface area contributed by atoms with Gasteiger partial charge in [0.15, 0.2) is 0 Å². The van der Waals surface area contributed by atoms with E-state index < -0.39 is 48.3 Å². The molecule has 0 saturated carbocycles. The molecule has 0 fully saturated rings. The first-order chi connectivity index (χ1) is 78.1. The lowest BCUT2D eigenvalue weighted by Gasteiger charge is -2.18. The summed E-state index contributed by atoms with van der Waals surface area (Å²) in [4.78, 5) is 0. The summed E-state index contributed by atoms with van der Waals surface area (Å²) in [6.45, 7) is 0. The molecule has 0 atom stereocenters. The molecule has 672 valence electrons. The second kappa shape index (κ2) is 35.8. The summed E-state index contributed by atoms with van der Waals surface area (Å²) in [5.41, 5.74) is 24.0. The van der Waals surface area contributed by atoms with Crippen LogP contribution in [-0.2, 0) is 0 Å². The Morgan fingerprint density at radius 1 is 0.118 bits per heavy atom. The lowest BCUT2D eigenvalue weighted by Crippen LogP contribution is -1.90. The van der Waals surface area contributed by atoms with Gasteiger partial charge in [-0.2, -0.15) is 0 Å². The Balaban J connectivity index is 0.000000104. The van der Waals surface area contributed by atoms with Gasteiger partial charge in [-0.25, -0.2) is 0 Å². The summed E-state index contributed by atoms with van der Waals surface area (Å²) in [5, 5.41) is 19.9. The molecule has 0 spiro atoms. The van der Waals surface area contributed by atoms with Gasteiger partial charge in [-0.15, -0.1) is 0 Å². The van der Waals surface area contributed by atoms with Gasteiger partial charge in [0.25, 0.3) is 0 Å². The van der Waals surface area contributed by atoms with E-state index in [9.17, 15) is 0 Å². The van der Waals surface area contributed by atoms with E-state index in [1.807, 2.05) is 133 Å². The molecule has 30 rings (SSSR count). The Morgan fingerprint density at radius 3 is 0.590 bits per heavy atom. The fourth-order valence-corrected chi connectivity index (χ4v) is 21.6. The SMILES string of the molecule is [2H]c1c([2H])c([2H])c2c(-c3ccc(-c4ccc5oc6ccccc6c5c4)cc3)c3c([2H])c([2H])c([2H])c([2H])c3c(-c3ccccc3)c2c1[2H].[2H]c1c([2H])c([2H])c2c(-c3cccc4c3oc3ccccc34)c3c([2H])c([2H])c([2H])c([2H])c3c(-c3ccccc3)c2c1[2H].c1ccc(-c2c3ccccc3c(-c3ccc(-c4ccc5oc6ccccc6c5c4)cc3)c3ccccc23)cc1.c1ccc(-c2c3ccccc3c(-c3cccc4c3oc3ccccc34)c3ccccc23)cc1. The molecule has 0 aliphatic heterocycles. The number of hydrogen-bond acceptors (Lipinski definition) is 4. The van der Waals surface area contributed by atoms with Gasteiger partial charge in [0.2, 0.25) is 0 Å². The van der Waals surface area contributed by atoms with Crippen LogP contribution in [0.25, 0.3) is 285 Å². The maximum absolute atomic E-state index is 9.08. The lowest BCUT2D eigenvalue weighted by atomic mass is 9.85. The van der Waals surface area contributed by atoms with E-state index in [-0.39, 0.29) is 97.0 Å². The third-order valence-electron chi connectivity index (χ3n) is 28.0. The quantitative estimate of drug-likeness (QED) is 0.128. The van der Waals surface area contributed by atoms with E-state index in [0.29, 0.717) is 50.1 Å². The van der Waals surface area contributed by atoms with Crippen LogP contribution in [-0.4, -0.2) is 0 Å². The van der Waals surface area contributed by atoms with Crippen molar-refractivity contribution in [3.8, 4) is 111 Å². The molecule has 4 heteroatoms. The highest BCUT2D eigenvalue weighted by Crippen LogP contribution is 2.52. The molecule has 0 aliphatic rings. The normalized spacial score (nSPS) is 13.2. The van der Waals surface area contributed by atoms with Crippen molar-refractivity contribution in [2.75, 3.05) is 0 Å². The van der Waals surface area contributed by atoms with Gasteiger partial charge >= 0.3 is 0 Å². The van der Waals surface area contributed by atoms with Gasteiger partial charge in [-0.3, -0.25) is 0 Å². The third kappa shape index (κ3) is 14.5. The van der Waals surface area contributed by atoms with Crippen LogP contribution in [0.1, 0.15) is 21.9 Å². The number of rotatable bonds is 10. The van der Waals surface area contributed by atoms with E-state index in [0.717, 1.165) is 93.3 Å². The fraction of sp³-hybridized carbons (Fsp3) is 0. The highest BCUT2D eigenvalue weighted by atomic mass is 16.3. The fourth-order valence-electron chi connectivity index (χ4n) is 21.6. The minimum absolute atomic E-state index is 0.167. The van der Waals surface area contributed by atoms with E-state index in [2.05, 4.69) is 249 Å². The first-order valence-electron chi connectivity index (χ1n) is 56.0. The van der Waals surface area contributed by atoms with E-state index >= 15 is 0 Å². The predicted molar refractivity (Wildman–Crippen MR) is 609 cm³/mol. The third-order valence-corrected chi connectivity index (χ3v) is 28.0. The molecule has 4 aromatic heterocycles. The Morgan fingerprint density at radius 2 is 0.306 bits per heavy atom. The van der Waals surface area contributed by atoms with Crippen LogP contribution in [0.3, 0.4) is 0 Å². The molecule has 30 aromatic rings. The van der Waals surface area contributed by atoms with Gasteiger partial charge in [0.05, 0.1) is 21.9 Å². The van der Waals surface area contributed by atoms with Gasteiger partial charge in [0, 0.05) is 65.3 Å². The van der Waals surface area contributed by atoms with Crippen LogP contribution in [0.5, 0.6) is 0 Å². The van der Waals surface area contributed by atoms with Gasteiger partial charge < -0.3 is 17.7 Å².